The number of carboxylic acid groups (broad SMARTS) is 1. The molecule has 0 amide bonds. The predicted molar refractivity (Wildman–Crippen MR) is 376 cm³/mol. The highest BCUT2D eigenvalue weighted by Crippen LogP contribution is 2.54. The van der Waals surface area contributed by atoms with E-state index in [0.717, 1.165) is 55.6 Å². The average Bonchev–Trinajstić information content (AvgIpc) is 1.85. The van der Waals surface area contributed by atoms with E-state index < -0.39 is 5.97 Å². The molecule has 5 spiro atoms. The van der Waals surface area contributed by atoms with Gasteiger partial charge in [-0.1, -0.05) is 108 Å². The Morgan fingerprint density at radius 2 is 0.884 bits per heavy atom. The Bertz CT molecular complexity index is 2780. The number of nitrogens with zero attached hydrogens (tertiary/aromatic N) is 3. The zero-order valence-corrected chi connectivity index (χ0v) is 59.2. The van der Waals surface area contributed by atoms with Gasteiger partial charge in [0.1, 0.15) is 0 Å². The minimum absolute atomic E-state index is 0. The number of methoxy groups -OCH3 is 1. The lowest BCUT2D eigenvalue weighted by atomic mass is 9.69. The smallest absolute Gasteiger partial charge is 0.333 e. The van der Waals surface area contributed by atoms with Gasteiger partial charge < -0.3 is 33.9 Å². The number of allylic oxidation sites excluding steroid dienone is 1. The number of esters is 2. The molecule has 4 unspecified atom stereocenters. The second-order valence-corrected chi connectivity index (χ2v) is 31.1. The average molecular weight is 1340 g/mol. The number of halogens is 1. The van der Waals surface area contributed by atoms with Gasteiger partial charge in [-0.25, -0.2) is 19.7 Å². The fourth-order valence-electron chi connectivity index (χ4n) is 19.3. The molecule has 14 nitrogen and oxygen atoms in total. The van der Waals surface area contributed by atoms with Gasteiger partial charge in [-0.2, -0.15) is 0 Å². The summed E-state index contributed by atoms with van der Waals surface area (Å²) < 4.78 is 27.4. The molecule has 0 radical (unpaired) electrons. The van der Waals surface area contributed by atoms with Gasteiger partial charge in [-0.05, 0) is 248 Å². The lowest BCUT2D eigenvalue weighted by Crippen LogP contribution is -2.29. The molecular formula is C80H120ClN3O11. The van der Waals surface area contributed by atoms with Crippen molar-refractivity contribution in [1.82, 2.24) is 15.0 Å². The zero-order valence-electron chi connectivity index (χ0n) is 58.4. The van der Waals surface area contributed by atoms with Gasteiger partial charge in [0.25, 0.3) is 0 Å². The minimum Gasteiger partial charge on any atom is -0.481 e. The topological polar surface area (TPSA) is 194 Å². The Balaban J connectivity index is 0.000000155. The Hall–Kier alpha value is -5.08. The highest BCUT2D eigenvalue weighted by molar-refractivity contribution is 5.88. The number of aliphatic hydroxyl groups is 1. The molecule has 0 aliphatic heterocycles. The van der Waals surface area contributed by atoms with Crippen LogP contribution in [0.25, 0.3) is 0 Å². The third-order valence-corrected chi connectivity index (χ3v) is 24.2. The number of ether oxygens (including phenoxy) is 5. The Labute approximate surface area is 576 Å². The van der Waals surface area contributed by atoms with Crippen LogP contribution in [-0.4, -0.2) is 89.5 Å². The molecule has 3 aromatic rings. The highest BCUT2D eigenvalue weighted by Gasteiger charge is 2.42. The Kier molecular flexibility index (Phi) is 30.5. The van der Waals surface area contributed by atoms with Gasteiger partial charge in [-0.15, -0.1) is 12.4 Å². The molecule has 528 valence electrons. The number of carboxylic acids is 1. The fourth-order valence-corrected chi connectivity index (χ4v) is 19.3. The standard InChI is InChI=1S/C21H31NO3.C19H27NO3.C17H23NO2.C12H18O2.C11H20O.ClH/c1-2-24-20(23)10-8-17-7-9-19(22-15-17)25-16-18-6-5-13-21(14-18)11-3-4-12-21;21-18(22)8-6-15-5-7-17(20-13-15)23-14-16-4-3-11-19(12-16)9-1-2-10-19;19-12-15-5-6-16(18-11-15)20-13-14-4-3-9-17(10-14)7-1-2-8-17;1-14-11(13)10-5-4-8-12(9-10)6-2-3-7-12;12-9-10-4-3-7-11(8-10)5-1-2-6-11;/h7,9,15,18H,2-6,8,10-14,16H2,1H3;5,7,13,16H,1-4,6,8-12,14H2,(H,21,22);5-6,11-12,14H,1-4,7-10,13H2;9H,2-8H2,1H3;10,12H,1-9H2;1H. The summed E-state index contributed by atoms with van der Waals surface area (Å²) in [5, 5.41) is 17.8. The number of rotatable bonds is 19. The van der Waals surface area contributed by atoms with E-state index >= 15 is 0 Å². The van der Waals surface area contributed by atoms with Crippen molar-refractivity contribution in [2.24, 2.45) is 50.7 Å². The number of carbonyl (C=O) groups is 4. The molecular weight excluding hydrogens is 1210 g/mol. The van der Waals surface area contributed by atoms with Gasteiger partial charge >= 0.3 is 17.9 Å². The van der Waals surface area contributed by atoms with Crippen molar-refractivity contribution in [3.63, 3.8) is 0 Å². The first-order valence-electron chi connectivity index (χ1n) is 37.7. The summed E-state index contributed by atoms with van der Waals surface area (Å²) in [6.45, 7) is 5.02. The quantitative estimate of drug-likeness (QED) is 0.0850. The fraction of sp³-hybridized carbons (Fsp3) is 0.738. The van der Waals surface area contributed by atoms with Crippen LogP contribution in [-0.2, 0) is 36.7 Å². The van der Waals surface area contributed by atoms with E-state index in [4.69, 9.17) is 33.9 Å². The van der Waals surface area contributed by atoms with Gasteiger partial charge in [0.2, 0.25) is 17.6 Å². The number of aryl methyl sites for hydroxylation is 2. The molecule has 9 saturated carbocycles. The van der Waals surface area contributed by atoms with E-state index in [1.165, 1.54) is 245 Å². The number of hydrogen-bond donors (Lipinski definition) is 2. The van der Waals surface area contributed by atoms with Crippen LogP contribution in [0.5, 0.6) is 17.6 Å². The molecule has 0 bridgehead atoms. The van der Waals surface area contributed by atoms with E-state index in [-0.39, 0.29) is 30.8 Å². The van der Waals surface area contributed by atoms with Crippen LogP contribution < -0.4 is 14.2 Å². The summed E-state index contributed by atoms with van der Waals surface area (Å²) in [4.78, 5) is 56.9. The summed E-state index contributed by atoms with van der Waals surface area (Å²) in [6, 6.07) is 11.3. The SMILES string of the molecule is CCOC(=O)CCc1ccc(OCC2CCCC3(CCCC3)C2)nc1.COC(=O)C1=CC2(CCCC2)CCC1.Cl.O=C(O)CCc1ccc(OCC2CCCC3(CCCC3)C2)nc1.O=Cc1ccc(OCC2CCCC3(CCCC3)C2)nc1.OCC1CCCC2(CCCC2)C1. The first kappa shape index (κ1) is 75.7. The second-order valence-electron chi connectivity index (χ2n) is 31.1. The van der Waals surface area contributed by atoms with Crippen molar-refractivity contribution in [3.8, 4) is 17.6 Å². The molecule has 4 atom stereocenters. The van der Waals surface area contributed by atoms with E-state index in [1.807, 2.05) is 37.4 Å². The molecule has 3 aromatic heterocycles. The van der Waals surface area contributed by atoms with E-state index in [2.05, 4.69) is 21.0 Å². The molecule has 0 saturated heterocycles. The summed E-state index contributed by atoms with van der Waals surface area (Å²) in [5.74, 6) is 3.61. The van der Waals surface area contributed by atoms with Crippen molar-refractivity contribution >= 4 is 36.6 Å². The normalized spacial score (nSPS) is 24.6. The molecule has 2 N–H and O–H groups in total. The maximum atomic E-state index is 11.4. The molecule has 95 heavy (non-hydrogen) atoms. The zero-order chi connectivity index (χ0) is 66.0. The van der Waals surface area contributed by atoms with Gasteiger partial charge in [0, 0.05) is 67.4 Å². The molecule has 3 heterocycles. The van der Waals surface area contributed by atoms with Crippen molar-refractivity contribution in [3.05, 3.63) is 83.3 Å². The number of aliphatic hydroxyl groups excluding tert-OH is 1. The van der Waals surface area contributed by atoms with Crippen molar-refractivity contribution in [2.45, 2.75) is 283 Å². The van der Waals surface area contributed by atoms with Gasteiger partial charge in [0.15, 0.2) is 6.29 Å². The number of hydrogen-bond acceptors (Lipinski definition) is 13. The first-order valence-corrected chi connectivity index (χ1v) is 37.7. The summed E-state index contributed by atoms with van der Waals surface area (Å²) in [5.41, 5.74) is 6.46. The van der Waals surface area contributed by atoms with E-state index in [9.17, 15) is 19.2 Å². The Morgan fingerprint density at radius 3 is 1.25 bits per heavy atom. The van der Waals surface area contributed by atoms with Crippen LogP contribution in [0.2, 0.25) is 0 Å². The largest absolute Gasteiger partial charge is 0.481 e. The number of aromatic nitrogens is 3. The van der Waals surface area contributed by atoms with Gasteiger partial charge in [0.05, 0.1) is 33.5 Å². The lowest BCUT2D eigenvalue weighted by molar-refractivity contribution is -0.143. The number of aldehydes is 1. The van der Waals surface area contributed by atoms with Crippen molar-refractivity contribution in [1.29, 1.82) is 0 Å². The Morgan fingerprint density at radius 1 is 0.505 bits per heavy atom. The number of aliphatic carboxylic acids is 1. The molecule has 10 aliphatic rings. The third kappa shape index (κ3) is 23.8. The summed E-state index contributed by atoms with van der Waals surface area (Å²) in [7, 11) is 1.47. The van der Waals surface area contributed by atoms with Crippen molar-refractivity contribution < 1.29 is 53.1 Å². The molecule has 9 fully saturated rings. The van der Waals surface area contributed by atoms with E-state index in [0.29, 0.717) is 106 Å². The van der Waals surface area contributed by atoms with Gasteiger partial charge in [-0.3, -0.25) is 14.4 Å². The van der Waals surface area contributed by atoms with E-state index in [1.54, 1.807) is 24.5 Å². The van der Waals surface area contributed by atoms with Crippen LogP contribution in [0.3, 0.4) is 0 Å². The molecule has 13 rings (SSSR count). The number of carbonyl (C=O) groups excluding carboxylic acids is 3. The van der Waals surface area contributed by atoms with Crippen molar-refractivity contribution in [2.75, 3.05) is 40.1 Å². The second kappa shape index (κ2) is 38.3. The monoisotopic (exact) mass is 1330 g/mol. The molecule has 15 heteroatoms. The minimum atomic E-state index is -0.775. The lowest BCUT2D eigenvalue weighted by Gasteiger charge is -2.38. The maximum Gasteiger partial charge on any atom is 0.333 e. The first-order chi connectivity index (χ1) is 45.7. The number of pyridine rings is 3. The summed E-state index contributed by atoms with van der Waals surface area (Å²) in [6.07, 6.45) is 62.8. The molecule has 0 aromatic carbocycles. The van der Waals surface area contributed by atoms with Crippen LogP contribution in [0.15, 0.2) is 66.6 Å². The van der Waals surface area contributed by atoms with Crippen LogP contribution in [0, 0.1) is 50.7 Å². The maximum absolute atomic E-state index is 11.4. The third-order valence-electron chi connectivity index (χ3n) is 24.2. The predicted octanol–water partition coefficient (Wildman–Crippen LogP) is 18.9. The summed E-state index contributed by atoms with van der Waals surface area (Å²) >= 11 is 0. The highest BCUT2D eigenvalue weighted by atomic mass is 35.5. The van der Waals surface area contributed by atoms with Crippen LogP contribution >= 0.6 is 12.4 Å². The molecule has 10 aliphatic carbocycles. The van der Waals surface area contributed by atoms with Crippen LogP contribution in [0.4, 0.5) is 0 Å². The van der Waals surface area contributed by atoms with Crippen LogP contribution in [0.1, 0.15) is 292 Å².